The number of amides is 1. The van der Waals surface area contributed by atoms with E-state index in [-0.39, 0.29) is 5.91 Å². The number of hydrogen-bond donors (Lipinski definition) is 1. The first-order chi connectivity index (χ1) is 7.79. The van der Waals surface area contributed by atoms with E-state index in [1.807, 2.05) is 24.3 Å². The maximum absolute atomic E-state index is 11.2. The lowest BCUT2D eigenvalue weighted by Crippen LogP contribution is -2.18. The zero-order valence-electron chi connectivity index (χ0n) is 8.90. The number of carbonyl (C=O) groups is 2. The summed E-state index contributed by atoms with van der Waals surface area (Å²) in [5.74, 6) is 0.0803. The average molecular weight is 215 g/mol. The molecule has 82 valence electrons. The highest BCUT2D eigenvalue weighted by Gasteiger charge is 2.13. The summed E-state index contributed by atoms with van der Waals surface area (Å²) >= 11 is 0. The molecule has 3 heteroatoms. The van der Waals surface area contributed by atoms with Gasteiger partial charge in [-0.1, -0.05) is 18.2 Å². The molecule has 2 rings (SSSR count). The Hall–Kier alpha value is -1.90. The van der Waals surface area contributed by atoms with Crippen molar-refractivity contribution in [1.29, 1.82) is 0 Å². The summed E-state index contributed by atoms with van der Waals surface area (Å²) in [4.78, 5) is 21.3. The van der Waals surface area contributed by atoms with Crippen LogP contribution in [0.25, 0.3) is 6.08 Å². The minimum atomic E-state index is 0.0803. The van der Waals surface area contributed by atoms with Crippen molar-refractivity contribution < 1.29 is 9.59 Å². The van der Waals surface area contributed by atoms with Gasteiger partial charge < -0.3 is 10.1 Å². The first-order valence-corrected chi connectivity index (χ1v) is 5.32. The van der Waals surface area contributed by atoms with Crippen molar-refractivity contribution in [3.63, 3.8) is 0 Å². The minimum Gasteiger partial charge on any atom is -0.326 e. The molecule has 1 aromatic rings. The van der Waals surface area contributed by atoms with Crippen molar-refractivity contribution >= 4 is 24.0 Å². The van der Waals surface area contributed by atoms with E-state index in [0.717, 1.165) is 29.5 Å². The number of anilines is 1. The van der Waals surface area contributed by atoms with Crippen LogP contribution in [0.1, 0.15) is 24.0 Å². The molecular formula is C13H13NO2. The first kappa shape index (κ1) is 10.6. The van der Waals surface area contributed by atoms with Crippen molar-refractivity contribution in [3.8, 4) is 0 Å². The zero-order valence-corrected chi connectivity index (χ0v) is 8.90. The van der Waals surface area contributed by atoms with Gasteiger partial charge in [0.05, 0.1) is 0 Å². The number of benzene rings is 1. The Bertz CT molecular complexity index is 449. The smallest absolute Gasteiger partial charge is 0.224 e. The van der Waals surface area contributed by atoms with Crippen molar-refractivity contribution in [2.45, 2.75) is 19.3 Å². The molecule has 3 nitrogen and oxygen atoms in total. The molecule has 16 heavy (non-hydrogen) atoms. The Balaban J connectivity index is 2.19. The summed E-state index contributed by atoms with van der Waals surface area (Å²) in [6.07, 6.45) is 6.40. The minimum absolute atomic E-state index is 0.0803. The molecule has 1 N–H and O–H groups in total. The zero-order chi connectivity index (χ0) is 11.4. The van der Waals surface area contributed by atoms with E-state index in [9.17, 15) is 9.59 Å². The predicted octanol–water partition coefficient (Wildman–Crippen LogP) is 2.17. The van der Waals surface area contributed by atoms with Gasteiger partial charge in [0.1, 0.15) is 6.29 Å². The quantitative estimate of drug-likeness (QED) is 0.785. The molecule has 0 radical (unpaired) electrons. The van der Waals surface area contributed by atoms with E-state index in [1.54, 1.807) is 0 Å². The van der Waals surface area contributed by atoms with Gasteiger partial charge in [-0.25, -0.2) is 0 Å². The summed E-state index contributed by atoms with van der Waals surface area (Å²) in [6, 6.07) is 5.90. The Morgan fingerprint density at radius 1 is 1.31 bits per heavy atom. The van der Waals surface area contributed by atoms with Gasteiger partial charge in [-0.3, -0.25) is 4.79 Å². The molecule has 0 fully saturated rings. The van der Waals surface area contributed by atoms with Gasteiger partial charge in [-0.05, 0) is 29.7 Å². The van der Waals surface area contributed by atoms with Crippen LogP contribution >= 0.6 is 0 Å². The van der Waals surface area contributed by atoms with Crippen molar-refractivity contribution in [1.82, 2.24) is 0 Å². The second kappa shape index (κ2) is 4.75. The summed E-state index contributed by atoms with van der Waals surface area (Å²) in [6.45, 7) is 0. The second-order valence-corrected chi connectivity index (χ2v) is 3.77. The normalized spacial score (nSPS) is 14.6. The number of allylic oxidation sites excluding steroid dienone is 1. The van der Waals surface area contributed by atoms with Crippen LogP contribution in [0.5, 0.6) is 0 Å². The van der Waals surface area contributed by atoms with Crippen molar-refractivity contribution in [3.05, 3.63) is 35.4 Å². The number of aldehydes is 1. The third kappa shape index (κ3) is 2.37. The Morgan fingerprint density at radius 3 is 3.00 bits per heavy atom. The molecule has 1 heterocycles. The van der Waals surface area contributed by atoms with Crippen LogP contribution < -0.4 is 5.32 Å². The van der Waals surface area contributed by atoms with Crippen LogP contribution in [0.3, 0.4) is 0 Å². The number of nitrogens with one attached hydrogen (secondary N) is 1. The molecule has 1 aliphatic rings. The van der Waals surface area contributed by atoms with Gasteiger partial charge in [0.15, 0.2) is 0 Å². The summed E-state index contributed by atoms with van der Waals surface area (Å²) < 4.78 is 0. The predicted molar refractivity (Wildman–Crippen MR) is 63.1 cm³/mol. The fraction of sp³-hybridized carbons (Fsp3) is 0.231. The second-order valence-electron chi connectivity index (χ2n) is 3.77. The fourth-order valence-electron chi connectivity index (χ4n) is 1.77. The first-order valence-electron chi connectivity index (χ1n) is 5.32. The highest BCUT2D eigenvalue weighted by atomic mass is 16.1. The lowest BCUT2D eigenvalue weighted by Gasteiger charge is -2.16. The molecular weight excluding hydrogens is 202 g/mol. The Morgan fingerprint density at radius 2 is 2.19 bits per heavy atom. The molecule has 1 aromatic carbocycles. The SMILES string of the molecule is O=CCC=Cc1ccc2c(c1)CCC(=O)N2. The summed E-state index contributed by atoms with van der Waals surface area (Å²) in [7, 11) is 0. The van der Waals surface area contributed by atoms with E-state index in [1.165, 1.54) is 0 Å². The van der Waals surface area contributed by atoms with Crippen LogP contribution in [0.2, 0.25) is 0 Å². The van der Waals surface area contributed by atoms with Crippen molar-refractivity contribution in [2.24, 2.45) is 0 Å². The van der Waals surface area contributed by atoms with E-state index in [4.69, 9.17) is 0 Å². The molecule has 0 aromatic heterocycles. The van der Waals surface area contributed by atoms with Crippen LogP contribution in [0.4, 0.5) is 5.69 Å². The van der Waals surface area contributed by atoms with Gasteiger partial charge in [-0.2, -0.15) is 0 Å². The molecule has 0 atom stereocenters. The van der Waals surface area contributed by atoms with Crippen LogP contribution in [0.15, 0.2) is 24.3 Å². The third-order valence-corrected chi connectivity index (χ3v) is 2.57. The number of carbonyl (C=O) groups excluding carboxylic acids is 2. The number of fused-ring (bicyclic) bond motifs is 1. The highest BCUT2D eigenvalue weighted by Crippen LogP contribution is 2.23. The van der Waals surface area contributed by atoms with Gasteiger partial charge in [0.25, 0.3) is 0 Å². The lowest BCUT2D eigenvalue weighted by molar-refractivity contribution is -0.116. The number of hydrogen-bond acceptors (Lipinski definition) is 2. The van der Waals surface area contributed by atoms with Crippen molar-refractivity contribution in [2.75, 3.05) is 5.32 Å². The van der Waals surface area contributed by atoms with E-state index in [0.29, 0.717) is 12.8 Å². The summed E-state index contributed by atoms with van der Waals surface area (Å²) in [5, 5.41) is 2.84. The van der Waals surface area contributed by atoms with Crippen LogP contribution in [-0.2, 0) is 16.0 Å². The Labute approximate surface area is 94.2 Å². The molecule has 0 saturated heterocycles. The maximum Gasteiger partial charge on any atom is 0.224 e. The number of rotatable bonds is 3. The molecule has 1 aliphatic heterocycles. The van der Waals surface area contributed by atoms with E-state index < -0.39 is 0 Å². The summed E-state index contributed by atoms with van der Waals surface area (Å²) in [5.41, 5.74) is 3.13. The molecule has 0 aliphatic carbocycles. The number of aryl methyl sites for hydroxylation is 1. The standard InChI is InChI=1S/C13H13NO2/c15-8-2-1-3-10-4-6-12-11(9-10)5-7-13(16)14-12/h1,3-4,6,8-9H,2,5,7H2,(H,14,16). The molecule has 0 spiro atoms. The van der Waals surface area contributed by atoms with Gasteiger partial charge in [0.2, 0.25) is 5.91 Å². The molecule has 0 unspecified atom stereocenters. The molecule has 0 bridgehead atoms. The van der Waals surface area contributed by atoms with E-state index in [2.05, 4.69) is 11.4 Å². The largest absolute Gasteiger partial charge is 0.326 e. The fourth-order valence-corrected chi connectivity index (χ4v) is 1.77. The van der Waals surface area contributed by atoms with Gasteiger partial charge in [-0.15, -0.1) is 0 Å². The maximum atomic E-state index is 11.2. The highest BCUT2D eigenvalue weighted by molar-refractivity contribution is 5.94. The molecule has 1 amide bonds. The van der Waals surface area contributed by atoms with Crippen LogP contribution in [0, 0.1) is 0 Å². The van der Waals surface area contributed by atoms with E-state index >= 15 is 0 Å². The topological polar surface area (TPSA) is 46.2 Å². The van der Waals surface area contributed by atoms with Gasteiger partial charge in [0, 0.05) is 18.5 Å². The lowest BCUT2D eigenvalue weighted by atomic mass is 10.0. The average Bonchev–Trinajstić information content (AvgIpc) is 2.29. The van der Waals surface area contributed by atoms with Crippen LogP contribution in [-0.4, -0.2) is 12.2 Å². The molecule has 0 saturated carbocycles. The Kier molecular flexibility index (Phi) is 3.15. The monoisotopic (exact) mass is 215 g/mol. The third-order valence-electron chi connectivity index (χ3n) is 2.57. The van der Waals surface area contributed by atoms with Gasteiger partial charge >= 0.3 is 0 Å².